The normalized spacial score (nSPS) is 22.9. The Bertz CT molecular complexity index is 389. The van der Waals surface area contributed by atoms with E-state index in [1.54, 1.807) is 0 Å². The molecule has 0 saturated heterocycles. The number of hydrogen-bond acceptors (Lipinski definition) is 2. The van der Waals surface area contributed by atoms with E-state index < -0.39 is 0 Å². The molecule has 0 heterocycles. The van der Waals surface area contributed by atoms with Crippen LogP contribution in [0.25, 0.3) is 0 Å². The highest BCUT2D eigenvalue weighted by Crippen LogP contribution is 2.29. The lowest BCUT2D eigenvalue weighted by Crippen LogP contribution is -2.21. The van der Waals surface area contributed by atoms with Gasteiger partial charge in [0.2, 0.25) is 0 Å². The van der Waals surface area contributed by atoms with Gasteiger partial charge >= 0.3 is 0 Å². The topological polar surface area (TPSA) is 21.3 Å². The Kier molecular flexibility index (Phi) is 5.26. The first kappa shape index (κ1) is 14.4. The van der Waals surface area contributed by atoms with Crippen molar-refractivity contribution in [2.24, 2.45) is 11.8 Å². The van der Waals surface area contributed by atoms with Gasteiger partial charge in [-0.05, 0) is 51.1 Å². The zero-order valence-electron chi connectivity index (χ0n) is 12.5. The van der Waals surface area contributed by atoms with Crippen molar-refractivity contribution in [2.75, 3.05) is 6.54 Å². The van der Waals surface area contributed by atoms with Gasteiger partial charge in [-0.25, -0.2) is 0 Å². The summed E-state index contributed by atoms with van der Waals surface area (Å²) in [6, 6.07) is 8.35. The second-order valence-electron chi connectivity index (χ2n) is 6.19. The number of rotatable bonds is 6. The Morgan fingerprint density at radius 3 is 2.74 bits per heavy atom. The van der Waals surface area contributed by atoms with Crippen LogP contribution in [0.4, 0.5) is 0 Å². The lowest BCUT2D eigenvalue weighted by Gasteiger charge is -2.16. The lowest BCUT2D eigenvalue weighted by molar-refractivity contribution is 0.239. The van der Waals surface area contributed by atoms with Crippen LogP contribution < -0.4 is 10.1 Å². The minimum Gasteiger partial charge on any atom is -0.491 e. The van der Waals surface area contributed by atoms with E-state index in [9.17, 15) is 0 Å². The van der Waals surface area contributed by atoms with Crippen LogP contribution in [0.1, 0.15) is 45.6 Å². The van der Waals surface area contributed by atoms with Crippen LogP contribution in [0.5, 0.6) is 5.75 Å². The molecule has 2 unspecified atom stereocenters. The maximum Gasteiger partial charge on any atom is 0.124 e. The van der Waals surface area contributed by atoms with E-state index in [2.05, 4.69) is 44.3 Å². The van der Waals surface area contributed by atoms with Crippen molar-refractivity contribution < 1.29 is 4.74 Å². The monoisotopic (exact) mass is 261 g/mol. The van der Waals surface area contributed by atoms with Crippen LogP contribution in [-0.4, -0.2) is 12.6 Å². The van der Waals surface area contributed by atoms with Gasteiger partial charge < -0.3 is 10.1 Å². The molecule has 19 heavy (non-hydrogen) atoms. The molecular formula is C17H27NO. The fraction of sp³-hybridized carbons (Fsp3) is 0.647. The van der Waals surface area contributed by atoms with Crippen molar-refractivity contribution in [1.82, 2.24) is 5.32 Å². The standard InChI is InChI=1S/C17H27NO/c1-13(2)19-17-7-5-4-6-16(17)12-18-11-15-9-8-14(3)10-15/h4-7,13-15,18H,8-12H2,1-3H3. The number of hydrogen-bond donors (Lipinski definition) is 1. The third-order valence-corrected chi connectivity index (χ3v) is 3.89. The predicted molar refractivity (Wildman–Crippen MR) is 80.4 cm³/mol. The summed E-state index contributed by atoms with van der Waals surface area (Å²) in [5.74, 6) is 2.81. The highest BCUT2D eigenvalue weighted by molar-refractivity contribution is 5.33. The molecule has 1 saturated carbocycles. The Morgan fingerprint density at radius 2 is 2.05 bits per heavy atom. The molecule has 1 fully saturated rings. The van der Waals surface area contributed by atoms with Crippen molar-refractivity contribution in [1.29, 1.82) is 0 Å². The molecule has 1 N–H and O–H groups in total. The zero-order chi connectivity index (χ0) is 13.7. The second-order valence-corrected chi connectivity index (χ2v) is 6.19. The third kappa shape index (κ3) is 4.54. The number of ether oxygens (including phenoxy) is 1. The molecule has 106 valence electrons. The maximum absolute atomic E-state index is 5.84. The van der Waals surface area contributed by atoms with Crippen LogP contribution in [0.3, 0.4) is 0 Å². The van der Waals surface area contributed by atoms with E-state index in [1.807, 2.05) is 6.07 Å². The van der Waals surface area contributed by atoms with Gasteiger partial charge in [-0.1, -0.05) is 31.5 Å². The average Bonchev–Trinajstić information content (AvgIpc) is 2.77. The van der Waals surface area contributed by atoms with Crippen molar-refractivity contribution in [3.8, 4) is 5.75 Å². The minimum atomic E-state index is 0.233. The largest absolute Gasteiger partial charge is 0.491 e. The minimum absolute atomic E-state index is 0.233. The number of para-hydroxylation sites is 1. The molecule has 0 amide bonds. The highest BCUT2D eigenvalue weighted by atomic mass is 16.5. The molecule has 2 nitrogen and oxygen atoms in total. The molecule has 1 aliphatic rings. The van der Waals surface area contributed by atoms with Crippen LogP contribution in [0, 0.1) is 11.8 Å². The number of nitrogens with one attached hydrogen (secondary N) is 1. The molecule has 2 atom stereocenters. The summed E-state index contributed by atoms with van der Waals surface area (Å²) >= 11 is 0. The van der Waals surface area contributed by atoms with Crippen LogP contribution in [0.2, 0.25) is 0 Å². The summed E-state index contributed by atoms with van der Waals surface area (Å²) < 4.78 is 5.84. The van der Waals surface area contributed by atoms with Gasteiger partial charge in [-0.2, -0.15) is 0 Å². The van der Waals surface area contributed by atoms with Gasteiger partial charge in [0.15, 0.2) is 0 Å². The predicted octanol–water partition coefficient (Wildman–Crippen LogP) is 4.00. The molecule has 1 aliphatic carbocycles. The maximum atomic E-state index is 5.84. The van der Waals surface area contributed by atoms with Gasteiger partial charge in [0.25, 0.3) is 0 Å². The molecule has 2 heteroatoms. The Balaban J connectivity index is 1.82. The van der Waals surface area contributed by atoms with Crippen LogP contribution in [0.15, 0.2) is 24.3 Å². The molecule has 2 rings (SSSR count). The smallest absolute Gasteiger partial charge is 0.124 e. The van der Waals surface area contributed by atoms with Crippen LogP contribution in [-0.2, 0) is 6.54 Å². The van der Waals surface area contributed by atoms with Gasteiger partial charge in [0, 0.05) is 12.1 Å². The zero-order valence-corrected chi connectivity index (χ0v) is 12.5. The third-order valence-electron chi connectivity index (χ3n) is 3.89. The quantitative estimate of drug-likeness (QED) is 0.835. The van der Waals surface area contributed by atoms with Crippen molar-refractivity contribution >= 4 is 0 Å². The van der Waals surface area contributed by atoms with Crippen molar-refractivity contribution in [3.05, 3.63) is 29.8 Å². The molecule has 0 spiro atoms. The molecule has 0 bridgehead atoms. The summed E-state index contributed by atoms with van der Waals surface area (Å²) in [5.41, 5.74) is 1.27. The first-order valence-electron chi connectivity index (χ1n) is 7.60. The fourth-order valence-corrected chi connectivity index (χ4v) is 2.94. The summed E-state index contributed by atoms with van der Waals surface area (Å²) in [4.78, 5) is 0. The Hall–Kier alpha value is -1.02. The second kappa shape index (κ2) is 6.95. The molecule has 0 aliphatic heterocycles. The van der Waals surface area contributed by atoms with E-state index in [0.29, 0.717) is 0 Å². The van der Waals surface area contributed by atoms with E-state index in [4.69, 9.17) is 4.74 Å². The summed E-state index contributed by atoms with van der Waals surface area (Å²) in [7, 11) is 0. The lowest BCUT2D eigenvalue weighted by atomic mass is 10.1. The van der Waals surface area contributed by atoms with Crippen molar-refractivity contribution in [3.63, 3.8) is 0 Å². The molecular weight excluding hydrogens is 234 g/mol. The Labute approximate surface area is 117 Å². The van der Waals surface area contributed by atoms with E-state index in [-0.39, 0.29) is 6.10 Å². The fourth-order valence-electron chi connectivity index (χ4n) is 2.94. The van der Waals surface area contributed by atoms with Crippen LogP contribution >= 0.6 is 0 Å². The summed E-state index contributed by atoms with van der Waals surface area (Å²) in [6.07, 6.45) is 4.41. The summed E-state index contributed by atoms with van der Waals surface area (Å²) in [6.45, 7) is 8.56. The van der Waals surface area contributed by atoms with Gasteiger partial charge in [-0.15, -0.1) is 0 Å². The van der Waals surface area contributed by atoms with Gasteiger partial charge in [-0.3, -0.25) is 0 Å². The van der Waals surface area contributed by atoms with Crippen molar-refractivity contribution in [2.45, 2.75) is 52.7 Å². The van der Waals surface area contributed by atoms with Gasteiger partial charge in [0.1, 0.15) is 5.75 Å². The molecule has 1 aromatic carbocycles. The molecule has 0 radical (unpaired) electrons. The van der Waals surface area contributed by atoms with E-state index in [1.165, 1.54) is 24.8 Å². The first-order valence-corrected chi connectivity index (χ1v) is 7.60. The SMILES string of the molecule is CC1CCC(CNCc2ccccc2OC(C)C)C1. The summed E-state index contributed by atoms with van der Waals surface area (Å²) in [5, 5.41) is 3.60. The van der Waals surface area contributed by atoms with E-state index >= 15 is 0 Å². The van der Waals surface area contributed by atoms with E-state index in [0.717, 1.165) is 30.7 Å². The van der Waals surface area contributed by atoms with Gasteiger partial charge in [0.05, 0.1) is 6.10 Å². The number of benzene rings is 1. The highest BCUT2D eigenvalue weighted by Gasteiger charge is 2.20. The molecule has 0 aromatic heterocycles. The Morgan fingerprint density at radius 1 is 1.26 bits per heavy atom. The first-order chi connectivity index (χ1) is 9.15. The molecule has 1 aromatic rings. The average molecular weight is 261 g/mol.